The standard InChI is InChI=1S/C24H27NO3/c1-15-23-20(19-6-3-2-5-16(19)13-21(23)24(26)28-15)11-10-18-9-8-17(14-25-18)22-7-4-12-27-22/h4,7-12,14-16,19-21,23H,2-3,5-6,13H2,1H3/b11-10+/t15-,16+,19-,20+,21-,23+/m1/s1. The number of carbonyl (C=O) groups is 1. The highest BCUT2D eigenvalue weighted by atomic mass is 16.6. The predicted octanol–water partition coefficient (Wildman–Crippen LogP) is 5.36. The highest BCUT2D eigenvalue weighted by molar-refractivity contribution is 5.75. The second kappa shape index (κ2) is 7.23. The average Bonchev–Trinajstić information content (AvgIpc) is 3.35. The number of pyridine rings is 1. The lowest BCUT2D eigenvalue weighted by Crippen LogP contribution is -2.42. The number of nitrogens with zero attached hydrogens (tertiary/aromatic N) is 1. The Labute approximate surface area is 166 Å². The lowest BCUT2D eigenvalue weighted by molar-refractivity contribution is -0.144. The van der Waals surface area contributed by atoms with Gasteiger partial charge in [0.1, 0.15) is 11.9 Å². The first-order valence-corrected chi connectivity index (χ1v) is 10.6. The zero-order chi connectivity index (χ0) is 19.1. The van der Waals surface area contributed by atoms with E-state index in [4.69, 9.17) is 9.15 Å². The number of cyclic esters (lactones) is 1. The summed E-state index contributed by atoms with van der Waals surface area (Å²) < 4.78 is 11.1. The lowest BCUT2D eigenvalue weighted by atomic mass is 9.57. The van der Waals surface area contributed by atoms with Crippen LogP contribution >= 0.6 is 0 Å². The summed E-state index contributed by atoms with van der Waals surface area (Å²) in [7, 11) is 0. The van der Waals surface area contributed by atoms with E-state index in [0.717, 1.165) is 23.4 Å². The molecule has 4 heteroatoms. The monoisotopic (exact) mass is 377 g/mol. The summed E-state index contributed by atoms with van der Waals surface area (Å²) in [6.45, 7) is 2.07. The molecular weight excluding hydrogens is 350 g/mol. The van der Waals surface area contributed by atoms with Crippen LogP contribution in [0.1, 0.15) is 44.7 Å². The third-order valence-corrected chi connectivity index (χ3v) is 7.16. The number of hydrogen-bond acceptors (Lipinski definition) is 4. The number of allylic oxidation sites excluding steroid dienone is 1. The molecule has 0 unspecified atom stereocenters. The van der Waals surface area contributed by atoms with E-state index in [1.807, 2.05) is 30.5 Å². The van der Waals surface area contributed by atoms with Crippen LogP contribution in [0.25, 0.3) is 17.4 Å². The van der Waals surface area contributed by atoms with Crippen molar-refractivity contribution in [1.82, 2.24) is 4.98 Å². The Kier molecular flexibility index (Phi) is 4.58. The molecule has 6 atom stereocenters. The first kappa shape index (κ1) is 17.7. The molecule has 3 aliphatic rings. The van der Waals surface area contributed by atoms with Crippen LogP contribution in [0.2, 0.25) is 0 Å². The van der Waals surface area contributed by atoms with Gasteiger partial charge in [-0.05, 0) is 67.9 Å². The normalized spacial score (nSPS) is 34.8. The number of fused-ring (bicyclic) bond motifs is 2. The summed E-state index contributed by atoms with van der Waals surface area (Å²) in [6.07, 6.45) is 14.2. The maximum Gasteiger partial charge on any atom is 0.309 e. The molecule has 2 aromatic heterocycles. The van der Waals surface area contributed by atoms with Crippen molar-refractivity contribution in [2.45, 2.75) is 45.1 Å². The minimum absolute atomic E-state index is 0.0179. The minimum atomic E-state index is 0.0179. The Bertz CT molecular complexity index is 854. The molecule has 1 aliphatic heterocycles. The van der Waals surface area contributed by atoms with E-state index in [-0.39, 0.29) is 18.0 Å². The van der Waals surface area contributed by atoms with Crippen LogP contribution in [0.15, 0.2) is 47.2 Å². The molecular formula is C24H27NO3. The van der Waals surface area contributed by atoms with Crippen LogP contribution in [0, 0.1) is 29.6 Å². The zero-order valence-corrected chi connectivity index (χ0v) is 16.3. The van der Waals surface area contributed by atoms with Crippen LogP contribution in [0.5, 0.6) is 0 Å². The van der Waals surface area contributed by atoms with E-state index >= 15 is 0 Å². The predicted molar refractivity (Wildman–Crippen MR) is 107 cm³/mol. The van der Waals surface area contributed by atoms with Crippen molar-refractivity contribution in [3.8, 4) is 11.3 Å². The molecule has 0 aromatic carbocycles. The number of furan rings is 1. The van der Waals surface area contributed by atoms with Gasteiger partial charge in [-0.3, -0.25) is 9.78 Å². The minimum Gasteiger partial charge on any atom is -0.464 e. The first-order valence-electron chi connectivity index (χ1n) is 10.6. The van der Waals surface area contributed by atoms with E-state index in [0.29, 0.717) is 23.7 Å². The fourth-order valence-electron chi connectivity index (χ4n) is 5.89. The van der Waals surface area contributed by atoms with Crippen molar-refractivity contribution in [2.75, 3.05) is 0 Å². The Morgan fingerprint density at radius 3 is 2.86 bits per heavy atom. The number of rotatable bonds is 3. The summed E-state index contributed by atoms with van der Waals surface area (Å²) in [6, 6.07) is 7.90. The molecule has 1 saturated heterocycles. The number of aromatic nitrogens is 1. The Morgan fingerprint density at radius 1 is 1.18 bits per heavy atom. The SMILES string of the molecule is C[C@H]1OC(=O)[C@@H]2C[C@@H]3CCCC[C@H]3[C@H](/C=C/c3ccc(-c4ccco4)cn3)[C@H]12. The molecule has 146 valence electrons. The lowest BCUT2D eigenvalue weighted by Gasteiger charge is -2.45. The van der Waals surface area contributed by atoms with E-state index in [2.05, 4.69) is 24.1 Å². The Balaban J connectivity index is 1.40. The van der Waals surface area contributed by atoms with Crippen LogP contribution in [0.3, 0.4) is 0 Å². The van der Waals surface area contributed by atoms with Gasteiger partial charge in [0.2, 0.25) is 0 Å². The van der Waals surface area contributed by atoms with Gasteiger partial charge in [0.25, 0.3) is 0 Å². The fourth-order valence-corrected chi connectivity index (χ4v) is 5.89. The summed E-state index contributed by atoms with van der Waals surface area (Å²) in [5.74, 6) is 2.99. The van der Waals surface area contributed by atoms with Gasteiger partial charge in [0.05, 0.1) is 17.9 Å². The first-order chi connectivity index (χ1) is 13.7. The van der Waals surface area contributed by atoms with E-state index in [9.17, 15) is 4.79 Å². The quantitative estimate of drug-likeness (QED) is 0.676. The second-order valence-corrected chi connectivity index (χ2v) is 8.66. The number of ether oxygens (including phenoxy) is 1. The molecule has 0 spiro atoms. The van der Waals surface area contributed by atoms with Gasteiger partial charge in [0, 0.05) is 17.7 Å². The van der Waals surface area contributed by atoms with Gasteiger partial charge in [0.15, 0.2) is 0 Å². The molecule has 3 fully saturated rings. The molecule has 2 aromatic rings. The molecule has 0 N–H and O–H groups in total. The van der Waals surface area contributed by atoms with Crippen molar-refractivity contribution < 1.29 is 13.9 Å². The molecule has 28 heavy (non-hydrogen) atoms. The molecule has 0 radical (unpaired) electrons. The molecule has 0 amide bonds. The molecule has 0 bridgehead atoms. The molecule has 3 heterocycles. The van der Waals surface area contributed by atoms with Crippen molar-refractivity contribution in [3.05, 3.63) is 48.5 Å². The van der Waals surface area contributed by atoms with Crippen molar-refractivity contribution in [1.29, 1.82) is 0 Å². The van der Waals surface area contributed by atoms with Crippen molar-refractivity contribution >= 4 is 12.0 Å². The summed E-state index contributed by atoms with van der Waals surface area (Å²) in [4.78, 5) is 17.0. The Morgan fingerprint density at radius 2 is 2.07 bits per heavy atom. The van der Waals surface area contributed by atoms with Gasteiger partial charge >= 0.3 is 5.97 Å². The topological polar surface area (TPSA) is 52.3 Å². The van der Waals surface area contributed by atoms with E-state index in [1.54, 1.807) is 6.26 Å². The fraction of sp³-hybridized carbons (Fsp3) is 0.500. The smallest absolute Gasteiger partial charge is 0.309 e. The van der Waals surface area contributed by atoms with E-state index < -0.39 is 0 Å². The highest BCUT2D eigenvalue weighted by Gasteiger charge is 2.53. The largest absolute Gasteiger partial charge is 0.464 e. The second-order valence-electron chi connectivity index (χ2n) is 8.66. The van der Waals surface area contributed by atoms with Gasteiger partial charge in [-0.2, -0.15) is 0 Å². The molecule has 5 rings (SSSR count). The van der Waals surface area contributed by atoms with Crippen LogP contribution < -0.4 is 0 Å². The van der Waals surface area contributed by atoms with Crippen molar-refractivity contribution in [3.63, 3.8) is 0 Å². The molecule has 2 saturated carbocycles. The Hall–Kier alpha value is -2.36. The van der Waals surface area contributed by atoms with E-state index in [1.165, 1.54) is 25.7 Å². The maximum absolute atomic E-state index is 12.4. The third-order valence-electron chi connectivity index (χ3n) is 7.16. The van der Waals surface area contributed by atoms with Gasteiger partial charge in [-0.15, -0.1) is 0 Å². The third kappa shape index (κ3) is 3.09. The van der Waals surface area contributed by atoms with Crippen LogP contribution in [-0.2, 0) is 9.53 Å². The number of esters is 1. The van der Waals surface area contributed by atoms with Gasteiger partial charge in [-0.25, -0.2) is 0 Å². The summed E-state index contributed by atoms with van der Waals surface area (Å²) in [5.41, 5.74) is 1.93. The summed E-state index contributed by atoms with van der Waals surface area (Å²) >= 11 is 0. The number of carbonyl (C=O) groups excluding carboxylic acids is 1. The maximum atomic E-state index is 12.4. The summed E-state index contributed by atoms with van der Waals surface area (Å²) in [5, 5.41) is 0. The van der Waals surface area contributed by atoms with Gasteiger partial charge < -0.3 is 9.15 Å². The van der Waals surface area contributed by atoms with Crippen LogP contribution in [-0.4, -0.2) is 17.1 Å². The number of hydrogen-bond donors (Lipinski definition) is 0. The van der Waals surface area contributed by atoms with Gasteiger partial charge in [-0.1, -0.05) is 25.3 Å². The van der Waals surface area contributed by atoms with Crippen molar-refractivity contribution in [2.24, 2.45) is 29.6 Å². The molecule has 4 nitrogen and oxygen atoms in total. The highest BCUT2D eigenvalue weighted by Crippen LogP contribution is 2.53. The zero-order valence-electron chi connectivity index (χ0n) is 16.3. The average molecular weight is 377 g/mol. The molecule has 2 aliphatic carbocycles. The van der Waals surface area contributed by atoms with Crippen LogP contribution in [0.4, 0.5) is 0 Å².